The van der Waals surface area contributed by atoms with Crippen LogP contribution in [0.15, 0.2) is 42.9 Å². The number of esters is 1. The van der Waals surface area contributed by atoms with E-state index >= 15 is 0 Å². The Morgan fingerprint density at radius 3 is 2.59 bits per heavy atom. The van der Waals surface area contributed by atoms with Crippen molar-refractivity contribution >= 4 is 16.9 Å². The zero-order valence-corrected chi connectivity index (χ0v) is 12.3. The summed E-state index contributed by atoms with van der Waals surface area (Å²) in [6.45, 7) is 0.543. The van der Waals surface area contributed by atoms with Gasteiger partial charge in [0, 0.05) is 17.8 Å². The maximum atomic E-state index is 11.9. The Hall–Kier alpha value is -2.89. The van der Waals surface area contributed by atoms with Gasteiger partial charge in [-0.2, -0.15) is 5.10 Å². The van der Waals surface area contributed by atoms with Gasteiger partial charge in [-0.05, 0) is 17.7 Å². The van der Waals surface area contributed by atoms with Crippen LogP contribution in [-0.2, 0) is 11.3 Å². The van der Waals surface area contributed by atoms with E-state index in [1.807, 2.05) is 24.3 Å². The number of ether oxygens (including phenoxy) is 2. The minimum absolute atomic E-state index is 0.408. The molecule has 112 valence electrons. The first-order valence-corrected chi connectivity index (χ1v) is 6.73. The quantitative estimate of drug-likeness (QED) is 0.691. The minimum atomic E-state index is -0.422. The van der Waals surface area contributed by atoms with Crippen LogP contribution >= 0.6 is 0 Å². The number of nitrogens with zero attached hydrogens (tertiary/aromatic N) is 3. The summed E-state index contributed by atoms with van der Waals surface area (Å²) in [6.07, 6.45) is 4.87. The molecule has 2 aromatic heterocycles. The SMILES string of the molecule is COC(=O)c1cncc2cnn(Cc3ccc(OC)cc3)c12. The molecule has 0 unspecified atom stereocenters. The zero-order valence-electron chi connectivity index (χ0n) is 12.3. The Bertz CT molecular complexity index is 809. The Kier molecular flexibility index (Phi) is 3.74. The summed E-state index contributed by atoms with van der Waals surface area (Å²) in [4.78, 5) is 15.9. The fourth-order valence-corrected chi connectivity index (χ4v) is 2.33. The van der Waals surface area contributed by atoms with Gasteiger partial charge in [0.25, 0.3) is 0 Å². The van der Waals surface area contributed by atoms with Crippen molar-refractivity contribution in [1.29, 1.82) is 0 Å². The van der Waals surface area contributed by atoms with Crippen molar-refractivity contribution in [3.63, 3.8) is 0 Å². The van der Waals surface area contributed by atoms with E-state index in [0.29, 0.717) is 12.1 Å². The van der Waals surface area contributed by atoms with Crippen LogP contribution in [0.25, 0.3) is 10.9 Å². The van der Waals surface area contributed by atoms with E-state index in [1.165, 1.54) is 13.3 Å². The molecule has 0 bridgehead atoms. The van der Waals surface area contributed by atoms with Crippen LogP contribution < -0.4 is 4.74 Å². The predicted octanol–water partition coefficient (Wildman–Crippen LogP) is 2.27. The summed E-state index contributed by atoms with van der Waals surface area (Å²) in [7, 11) is 2.98. The van der Waals surface area contributed by atoms with Gasteiger partial charge in [0.2, 0.25) is 0 Å². The third kappa shape index (κ3) is 2.50. The van der Waals surface area contributed by atoms with E-state index in [1.54, 1.807) is 24.2 Å². The number of benzene rings is 1. The fraction of sp³-hybridized carbons (Fsp3) is 0.188. The van der Waals surface area contributed by atoms with Crippen molar-refractivity contribution < 1.29 is 14.3 Å². The Labute approximate surface area is 127 Å². The van der Waals surface area contributed by atoms with Crippen LogP contribution in [0.4, 0.5) is 0 Å². The monoisotopic (exact) mass is 297 g/mol. The molecule has 0 aliphatic heterocycles. The maximum absolute atomic E-state index is 11.9. The molecule has 0 aliphatic rings. The number of carbonyl (C=O) groups is 1. The molecule has 2 heterocycles. The van der Waals surface area contributed by atoms with Gasteiger partial charge in [-0.15, -0.1) is 0 Å². The number of methoxy groups -OCH3 is 2. The second-order valence-electron chi connectivity index (χ2n) is 4.77. The topological polar surface area (TPSA) is 66.2 Å². The lowest BCUT2D eigenvalue weighted by Gasteiger charge is -2.08. The lowest BCUT2D eigenvalue weighted by molar-refractivity contribution is 0.0602. The Morgan fingerprint density at radius 1 is 1.14 bits per heavy atom. The molecule has 3 rings (SSSR count). The van der Waals surface area contributed by atoms with Gasteiger partial charge < -0.3 is 9.47 Å². The van der Waals surface area contributed by atoms with Gasteiger partial charge in [0.15, 0.2) is 0 Å². The molecule has 0 saturated carbocycles. The molecule has 0 saturated heterocycles. The lowest BCUT2D eigenvalue weighted by atomic mass is 10.2. The summed E-state index contributed by atoms with van der Waals surface area (Å²) in [5, 5.41) is 5.15. The number of carbonyl (C=O) groups excluding carboxylic acids is 1. The van der Waals surface area contributed by atoms with Crippen molar-refractivity contribution in [3.05, 3.63) is 54.0 Å². The average Bonchev–Trinajstić information content (AvgIpc) is 2.98. The van der Waals surface area contributed by atoms with E-state index in [4.69, 9.17) is 9.47 Å². The molecule has 1 aromatic carbocycles. The highest BCUT2D eigenvalue weighted by Gasteiger charge is 2.15. The third-order valence-corrected chi connectivity index (χ3v) is 3.44. The van der Waals surface area contributed by atoms with E-state index in [-0.39, 0.29) is 0 Å². The van der Waals surface area contributed by atoms with E-state index < -0.39 is 5.97 Å². The predicted molar refractivity (Wildman–Crippen MR) is 81.0 cm³/mol. The molecule has 0 fully saturated rings. The second kappa shape index (κ2) is 5.85. The number of pyridine rings is 1. The van der Waals surface area contributed by atoms with Gasteiger partial charge in [-0.25, -0.2) is 4.79 Å². The largest absolute Gasteiger partial charge is 0.497 e. The van der Waals surface area contributed by atoms with E-state index in [2.05, 4.69) is 10.1 Å². The van der Waals surface area contributed by atoms with Crippen LogP contribution in [-0.4, -0.2) is 35.0 Å². The Balaban J connectivity index is 2.01. The van der Waals surface area contributed by atoms with Crippen molar-refractivity contribution in [2.24, 2.45) is 0 Å². The second-order valence-corrected chi connectivity index (χ2v) is 4.77. The molecule has 22 heavy (non-hydrogen) atoms. The van der Waals surface area contributed by atoms with Crippen LogP contribution in [0, 0.1) is 0 Å². The average molecular weight is 297 g/mol. The summed E-state index contributed by atoms with van der Waals surface area (Å²) in [6, 6.07) is 7.71. The van der Waals surface area contributed by atoms with Crippen LogP contribution in [0.1, 0.15) is 15.9 Å². The number of hydrogen-bond acceptors (Lipinski definition) is 5. The number of fused-ring (bicyclic) bond motifs is 1. The van der Waals surface area contributed by atoms with Crippen LogP contribution in [0.5, 0.6) is 5.75 Å². The molecule has 6 heteroatoms. The molecule has 0 atom stereocenters. The Morgan fingerprint density at radius 2 is 1.91 bits per heavy atom. The normalized spacial score (nSPS) is 10.6. The highest BCUT2D eigenvalue weighted by atomic mass is 16.5. The van der Waals surface area contributed by atoms with Crippen LogP contribution in [0.3, 0.4) is 0 Å². The molecule has 6 nitrogen and oxygen atoms in total. The van der Waals surface area contributed by atoms with Gasteiger partial charge in [0.1, 0.15) is 11.3 Å². The smallest absolute Gasteiger partial charge is 0.341 e. The first kappa shape index (κ1) is 14.1. The molecular weight excluding hydrogens is 282 g/mol. The van der Waals surface area contributed by atoms with E-state index in [0.717, 1.165) is 22.2 Å². The summed E-state index contributed by atoms with van der Waals surface area (Å²) in [5.74, 6) is 0.378. The summed E-state index contributed by atoms with van der Waals surface area (Å²) >= 11 is 0. The van der Waals surface area contributed by atoms with Crippen molar-refractivity contribution in [3.8, 4) is 5.75 Å². The fourth-order valence-electron chi connectivity index (χ4n) is 2.33. The third-order valence-electron chi connectivity index (χ3n) is 3.44. The number of hydrogen-bond donors (Lipinski definition) is 0. The molecule has 0 amide bonds. The van der Waals surface area contributed by atoms with Gasteiger partial charge >= 0.3 is 5.97 Å². The molecule has 0 aliphatic carbocycles. The molecule has 3 aromatic rings. The molecule has 0 spiro atoms. The first-order chi connectivity index (χ1) is 10.7. The maximum Gasteiger partial charge on any atom is 0.341 e. The molecular formula is C16H15N3O3. The zero-order chi connectivity index (χ0) is 15.5. The van der Waals surface area contributed by atoms with E-state index in [9.17, 15) is 4.79 Å². The highest BCUT2D eigenvalue weighted by molar-refractivity contribution is 6.02. The van der Waals surface area contributed by atoms with Crippen molar-refractivity contribution in [1.82, 2.24) is 14.8 Å². The standard InChI is InChI=1S/C16H15N3O3/c1-21-13-5-3-11(4-6-13)10-19-15-12(8-18-19)7-17-9-14(15)16(20)22-2/h3-9H,10H2,1-2H3. The highest BCUT2D eigenvalue weighted by Crippen LogP contribution is 2.20. The molecule has 0 radical (unpaired) electrons. The minimum Gasteiger partial charge on any atom is -0.497 e. The van der Waals surface area contributed by atoms with Gasteiger partial charge in [0.05, 0.1) is 32.5 Å². The van der Waals surface area contributed by atoms with Crippen LogP contribution in [0.2, 0.25) is 0 Å². The van der Waals surface area contributed by atoms with Gasteiger partial charge in [-0.3, -0.25) is 9.67 Å². The number of rotatable bonds is 4. The van der Waals surface area contributed by atoms with Gasteiger partial charge in [-0.1, -0.05) is 12.1 Å². The first-order valence-electron chi connectivity index (χ1n) is 6.73. The van der Waals surface area contributed by atoms with Crippen molar-refractivity contribution in [2.45, 2.75) is 6.54 Å². The van der Waals surface area contributed by atoms with Crippen molar-refractivity contribution in [2.75, 3.05) is 14.2 Å². The lowest BCUT2D eigenvalue weighted by Crippen LogP contribution is -2.08. The summed E-state index contributed by atoms with van der Waals surface area (Å²) < 4.78 is 11.7. The summed E-state index contributed by atoms with van der Waals surface area (Å²) in [5.41, 5.74) is 2.18. The molecule has 0 N–H and O–H groups in total. The number of aromatic nitrogens is 3.